The fraction of sp³-hybridized carbons (Fsp3) is 0.227. The van der Waals surface area contributed by atoms with Gasteiger partial charge in [-0.3, -0.25) is 14.9 Å². The highest BCUT2D eigenvalue weighted by Gasteiger charge is 2.38. The number of urea groups is 1. The van der Waals surface area contributed by atoms with Crippen molar-refractivity contribution in [2.24, 2.45) is 0 Å². The molecule has 2 aliphatic rings. The summed E-state index contributed by atoms with van der Waals surface area (Å²) in [6.45, 7) is 3.30. The van der Waals surface area contributed by atoms with E-state index in [4.69, 9.17) is 0 Å². The van der Waals surface area contributed by atoms with Crippen LogP contribution in [0.2, 0.25) is 0 Å². The van der Waals surface area contributed by atoms with Crippen LogP contribution >= 0.6 is 0 Å². The fourth-order valence-corrected chi connectivity index (χ4v) is 3.70. The number of para-hydroxylation sites is 1. The van der Waals surface area contributed by atoms with E-state index in [0.717, 1.165) is 32.0 Å². The van der Waals surface area contributed by atoms with Crippen LogP contribution < -0.4 is 15.1 Å². The molecule has 0 saturated carbocycles. The minimum atomic E-state index is -1.04. The number of nitrogens with one attached hydrogen (secondary N) is 1. The molecule has 0 atom stereocenters. The first-order valence-corrected chi connectivity index (χ1v) is 9.58. The van der Waals surface area contributed by atoms with Crippen LogP contribution in [0.3, 0.4) is 0 Å². The van der Waals surface area contributed by atoms with Gasteiger partial charge in [0, 0.05) is 13.1 Å². The highest BCUT2D eigenvalue weighted by molar-refractivity contribution is 6.39. The predicted molar refractivity (Wildman–Crippen MR) is 108 cm³/mol. The number of hydrogen-bond acceptors (Lipinski definition) is 4. The second kappa shape index (κ2) is 7.70. The SMILES string of the molecule is Cc1cc(N2CCCC2)c(F)cc1C=C1C(=O)NC(=O)N(c2ccccc2F)C1=O. The Bertz CT molecular complexity index is 1090. The van der Waals surface area contributed by atoms with Crippen LogP contribution in [-0.4, -0.2) is 30.9 Å². The Kier molecular flexibility index (Phi) is 5.07. The zero-order valence-electron chi connectivity index (χ0n) is 16.2. The quantitative estimate of drug-likeness (QED) is 0.620. The molecular weight excluding hydrogens is 392 g/mol. The van der Waals surface area contributed by atoms with Gasteiger partial charge in [0.25, 0.3) is 11.8 Å². The first-order valence-electron chi connectivity index (χ1n) is 9.58. The van der Waals surface area contributed by atoms with Crippen molar-refractivity contribution in [1.82, 2.24) is 5.32 Å². The molecule has 4 rings (SSSR count). The molecule has 0 aromatic heterocycles. The number of carbonyl (C=O) groups is 3. The van der Waals surface area contributed by atoms with Crippen molar-refractivity contribution in [3.8, 4) is 0 Å². The molecule has 6 nitrogen and oxygen atoms in total. The van der Waals surface area contributed by atoms with Crippen LogP contribution in [0.25, 0.3) is 6.08 Å². The molecule has 0 radical (unpaired) electrons. The summed E-state index contributed by atoms with van der Waals surface area (Å²) in [4.78, 5) is 39.9. The van der Waals surface area contributed by atoms with Crippen LogP contribution in [-0.2, 0) is 9.59 Å². The van der Waals surface area contributed by atoms with Crippen molar-refractivity contribution in [3.63, 3.8) is 0 Å². The molecule has 2 aliphatic heterocycles. The number of anilines is 2. The van der Waals surface area contributed by atoms with E-state index in [0.29, 0.717) is 21.7 Å². The number of hydrogen-bond donors (Lipinski definition) is 1. The molecule has 0 spiro atoms. The Morgan fingerprint density at radius 2 is 1.67 bits per heavy atom. The number of nitrogens with zero attached hydrogens (tertiary/aromatic N) is 2. The minimum absolute atomic E-state index is 0.273. The van der Waals surface area contributed by atoms with Gasteiger partial charge < -0.3 is 4.90 Å². The number of imide groups is 2. The number of aryl methyl sites for hydroxylation is 1. The number of carbonyl (C=O) groups excluding carboxylic acids is 3. The third-order valence-electron chi connectivity index (χ3n) is 5.28. The molecule has 0 aliphatic carbocycles. The monoisotopic (exact) mass is 411 g/mol. The maximum absolute atomic E-state index is 14.7. The van der Waals surface area contributed by atoms with E-state index in [-0.39, 0.29) is 11.3 Å². The summed E-state index contributed by atoms with van der Waals surface area (Å²) in [6.07, 6.45) is 3.22. The summed E-state index contributed by atoms with van der Waals surface area (Å²) in [6, 6.07) is 7.15. The molecule has 4 amide bonds. The summed E-state index contributed by atoms with van der Waals surface area (Å²) >= 11 is 0. The van der Waals surface area contributed by atoms with Crippen LogP contribution in [0.15, 0.2) is 42.0 Å². The van der Waals surface area contributed by atoms with Crippen LogP contribution in [0.1, 0.15) is 24.0 Å². The number of benzene rings is 2. The number of halogens is 2. The average molecular weight is 411 g/mol. The second-order valence-corrected chi connectivity index (χ2v) is 7.26. The summed E-state index contributed by atoms with van der Waals surface area (Å²) in [5, 5.41) is 2.04. The van der Waals surface area contributed by atoms with Crippen LogP contribution in [0, 0.1) is 18.6 Å². The van der Waals surface area contributed by atoms with Crippen molar-refractivity contribution in [3.05, 3.63) is 64.7 Å². The normalized spacial score (nSPS) is 18.4. The Labute approximate surface area is 171 Å². The van der Waals surface area contributed by atoms with Gasteiger partial charge in [-0.2, -0.15) is 0 Å². The van der Waals surface area contributed by atoms with Gasteiger partial charge in [-0.15, -0.1) is 0 Å². The molecule has 30 heavy (non-hydrogen) atoms. The van der Waals surface area contributed by atoms with Gasteiger partial charge >= 0.3 is 6.03 Å². The standard InChI is InChI=1S/C22H19F2N3O3/c1-13-10-19(26-8-4-5-9-26)17(24)12-14(13)11-15-20(28)25-22(30)27(21(15)29)18-7-3-2-6-16(18)23/h2-3,6-7,10-12H,4-5,8-9H2,1H3,(H,25,28,30). The molecule has 2 aromatic rings. The largest absolute Gasteiger partial charge is 0.369 e. The van der Waals surface area contributed by atoms with Gasteiger partial charge in [-0.1, -0.05) is 12.1 Å². The maximum Gasteiger partial charge on any atom is 0.336 e. The van der Waals surface area contributed by atoms with Crippen molar-refractivity contribution >= 4 is 35.3 Å². The fourth-order valence-electron chi connectivity index (χ4n) is 3.70. The summed E-state index contributed by atoms with van der Waals surface area (Å²) in [5.74, 6) is -3.13. The summed E-state index contributed by atoms with van der Waals surface area (Å²) in [5.41, 5.74) is 0.826. The number of barbiturate groups is 1. The molecule has 2 fully saturated rings. The smallest absolute Gasteiger partial charge is 0.336 e. The minimum Gasteiger partial charge on any atom is -0.369 e. The number of rotatable bonds is 3. The number of amides is 4. The molecular formula is C22H19F2N3O3. The summed E-state index contributed by atoms with van der Waals surface area (Å²) < 4.78 is 28.9. The lowest BCUT2D eigenvalue weighted by molar-refractivity contribution is -0.122. The van der Waals surface area contributed by atoms with Gasteiger partial charge in [0.15, 0.2) is 0 Å². The van der Waals surface area contributed by atoms with E-state index in [1.54, 1.807) is 13.0 Å². The van der Waals surface area contributed by atoms with Crippen molar-refractivity contribution < 1.29 is 23.2 Å². The molecule has 8 heteroatoms. The van der Waals surface area contributed by atoms with E-state index in [9.17, 15) is 23.2 Å². The topological polar surface area (TPSA) is 69.7 Å². The van der Waals surface area contributed by atoms with Crippen LogP contribution in [0.4, 0.5) is 25.0 Å². The molecule has 0 bridgehead atoms. The molecule has 2 heterocycles. The molecule has 2 saturated heterocycles. The molecule has 0 unspecified atom stereocenters. The van der Waals surface area contributed by atoms with Gasteiger partial charge in [0.05, 0.1) is 11.4 Å². The Morgan fingerprint density at radius 3 is 2.37 bits per heavy atom. The summed E-state index contributed by atoms with van der Waals surface area (Å²) in [7, 11) is 0. The van der Waals surface area contributed by atoms with E-state index in [1.165, 1.54) is 30.3 Å². The average Bonchev–Trinajstić information content (AvgIpc) is 3.23. The van der Waals surface area contributed by atoms with Gasteiger partial charge in [-0.25, -0.2) is 18.5 Å². The van der Waals surface area contributed by atoms with E-state index < -0.39 is 29.5 Å². The zero-order valence-corrected chi connectivity index (χ0v) is 16.2. The van der Waals surface area contributed by atoms with Gasteiger partial charge in [-0.05, 0) is 61.2 Å². The Balaban J connectivity index is 1.73. The van der Waals surface area contributed by atoms with E-state index in [1.807, 2.05) is 10.2 Å². The van der Waals surface area contributed by atoms with E-state index >= 15 is 0 Å². The molecule has 2 aromatic carbocycles. The van der Waals surface area contributed by atoms with Crippen LogP contribution in [0.5, 0.6) is 0 Å². The van der Waals surface area contributed by atoms with Gasteiger partial charge in [0.2, 0.25) is 0 Å². The lowest BCUT2D eigenvalue weighted by atomic mass is 10.0. The maximum atomic E-state index is 14.7. The first kappa shape index (κ1) is 19.8. The highest BCUT2D eigenvalue weighted by atomic mass is 19.1. The molecule has 1 N–H and O–H groups in total. The van der Waals surface area contributed by atoms with E-state index in [2.05, 4.69) is 0 Å². The van der Waals surface area contributed by atoms with Gasteiger partial charge in [0.1, 0.15) is 17.2 Å². The molecule has 154 valence electrons. The zero-order chi connectivity index (χ0) is 21.4. The third-order valence-corrected chi connectivity index (χ3v) is 5.28. The lowest BCUT2D eigenvalue weighted by Crippen LogP contribution is -2.54. The first-order chi connectivity index (χ1) is 14.4. The predicted octanol–water partition coefficient (Wildman–Crippen LogP) is 3.54. The third kappa shape index (κ3) is 3.45. The lowest BCUT2D eigenvalue weighted by Gasteiger charge is -2.26. The van der Waals surface area contributed by atoms with Crippen molar-refractivity contribution in [1.29, 1.82) is 0 Å². The van der Waals surface area contributed by atoms with Crippen molar-refractivity contribution in [2.75, 3.05) is 22.9 Å². The Morgan fingerprint density at radius 1 is 0.967 bits per heavy atom. The van der Waals surface area contributed by atoms with Crippen molar-refractivity contribution in [2.45, 2.75) is 19.8 Å². The highest BCUT2D eigenvalue weighted by Crippen LogP contribution is 2.29. The Hall–Kier alpha value is -3.55. The second-order valence-electron chi connectivity index (χ2n) is 7.26.